The van der Waals surface area contributed by atoms with Gasteiger partial charge in [0.05, 0.1) is 6.54 Å². The van der Waals surface area contributed by atoms with Crippen LogP contribution in [-0.2, 0) is 13.1 Å². The van der Waals surface area contributed by atoms with Gasteiger partial charge in [-0.3, -0.25) is 4.90 Å². The van der Waals surface area contributed by atoms with Gasteiger partial charge >= 0.3 is 0 Å². The Balaban J connectivity index is 1.81. The highest BCUT2D eigenvalue weighted by Crippen LogP contribution is 2.24. The predicted molar refractivity (Wildman–Crippen MR) is 77.9 cm³/mol. The smallest absolute Gasteiger partial charge is 0.134 e. The molecule has 3 heteroatoms. The molecule has 1 saturated heterocycles. The summed E-state index contributed by atoms with van der Waals surface area (Å²) in [5.41, 5.74) is 7.91. The van der Waals surface area contributed by atoms with E-state index in [0.29, 0.717) is 6.54 Å². The van der Waals surface area contributed by atoms with E-state index in [2.05, 4.69) is 17.0 Å². The van der Waals surface area contributed by atoms with Crippen LogP contribution in [0.4, 0.5) is 0 Å². The number of hydrogen-bond acceptors (Lipinski definition) is 3. The highest BCUT2D eigenvalue weighted by atomic mass is 16.3. The quantitative estimate of drug-likeness (QED) is 0.918. The molecule has 2 heterocycles. The van der Waals surface area contributed by atoms with Crippen LogP contribution in [0.3, 0.4) is 0 Å². The first-order chi connectivity index (χ1) is 9.36. The van der Waals surface area contributed by atoms with Crippen molar-refractivity contribution in [1.29, 1.82) is 0 Å². The zero-order valence-corrected chi connectivity index (χ0v) is 11.4. The van der Waals surface area contributed by atoms with Crippen LogP contribution in [0.1, 0.15) is 37.0 Å². The van der Waals surface area contributed by atoms with E-state index in [4.69, 9.17) is 10.2 Å². The topological polar surface area (TPSA) is 42.4 Å². The molecular weight excluding hydrogens is 236 g/mol. The lowest BCUT2D eigenvalue weighted by Crippen LogP contribution is -2.23. The fraction of sp³-hybridized carbons (Fsp3) is 0.500. The molecule has 1 fully saturated rings. The normalized spacial score (nSPS) is 17.7. The van der Waals surface area contributed by atoms with Crippen molar-refractivity contribution in [1.82, 2.24) is 4.90 Å². The molecule has 1 aromatic carbocycles. The van der Waals surface area contributed by atoms with E-state index < -0.39 is 0 Å². The molecule has 0 aliphatic carbocycles. The molecular formula is C16H22N2O. The van der Waals surface area contributed by atoms with Gasteiger partial charge in [-0.1, -0.05) is 25.0 Å². The summed E-state index contributed by atoms with van der Waals surface area (Å²) in [6.45, 7) is 3.89. The second kappa shape index (κ2) is 5.76. The van der Waals surface area contributed by atoms with Gasteiger partial charge in [0.15, 0.2) is 0 Å². The van der Waals surface area contributed by atoms with E-state index in [1.54, 1.807) is 0 Å². The first kappa shape index (κ1) is 12.7. The summed E-state index contributed by atoms with van der Waals surface area (Å²) in [6.07, 6.45) is 5.37. The molecule has 0 bridgehead atoms. The Labute approximate surface area is 114 Å². The Bertz CT molecular complexity index is 539. The van der Waals surface area contributed by atoms with Crippen LogP contribution in [0.25, 0.3) is 11.0 Å². The van der Waals surface area contributed by atoms with E-state index in [9.17, 15) is 0 Å². The van der Waals surface area contributed by atoms with Gasteiger partial charge in [0.25, 0.3) is 0 Å². The lowest BCUT2D eigenvalue weighted by Gasteiger charge is -2.17. The number of rotatable bonds is 3. The molecule has 1 aliphatic rings. The van der Waals surface area contributed by atoms with Crippen LogP contribution in [0.2, 0.25) is 0 Å². The number of fused-ring (bicyclic) bond motifs is 1. The number of benzene rings is 1. The molecule has 0 atom stereocenters. The summed E-state index contributed by atoms with van der Waals surface area (Å²) < 4.78 is 5.96. The predicted octanol–water partition coefficient (Wildman–Crippen LogP) is 3.27. The SMILES string of the molecule is NCc1cccc2oc(CN3CCCCCC3)cc12. The van der Waals surface area contributed by atoms with Crippen molar-refractivity contribution >= 4 is 11.0 Å². The first-order valence-corrected chi connectivity index (χ1v) is 7.29. The fourth-order valence-electron chi connectivity index (χ4n) is 2.94. The molecule has 0 unspecified atom stereocenters. The Hall–Kier alpha value is -1.32. The van der Waals surface area contributed by atoms with Gasteiger partial charge < -0.3 is 10.2 Å². The van der Waals surface area contributed by atoms with Crippen molar-refractivity contribution in [3.8, 4) is 0 Å². The third kappa shape index (κ3) is 2.82. The molecule has 1 aromatic heterocycles. The Morgan fingerprint density at radius 2 is 1.89 bits per heavy atom. The third-order valence-corrected chi connectivity index (χ3v) is 4.00. The van der Waals surface area contributed by atoms with Gasteiger partial charge in [0, 0.05) is 11.9 Å². The van der Waals surface area contributed by atoms with E-state index >= 15 is 0 Å². The number of furan rings is 1. The number of hydrogen-bond donors (Lipinski definition) is 1. The molecule has 0 amide bonds. The summed E-state index contributed by atoms with van der Waals surface area (Å²) in [4.78, 5) is 2.51. The molecule has 1 aliphatic heterocycles. The Morgan fingerprint density at radius 3 is 2.63 bits per heavy atom. The third-order valence-electron chi connectivity index (χ3n) is 4.00. The summed E-state index contributed by atoms with van der Waals surface area (Å²) in [5.74, 6) is 1.07. The molecule has 0 spiro atoms. The van der Waals surface area contributed by atoms with Crippen LogP contribution in [0.5, 0.6) is 0 Å². The number of nitrogens with two attached hydrogens (primary N) is 1. The minimum Gasteiger partial charge on any atom is -0.460 e. The minimum absolute atomic E-state index is 0.569. The van der Waals surface area contributed by atoms with Crippen molar-refractivity contribution in [3.63, 3.8) is 0 Å². The van der Waals surface area contributed by atoms with Crippen LogP contribution in [0, 0.1) is 0 Å². The van der Waals surface area contributed by atoms with Gasteiger partial charge in [0.2, 0.25) is 0 Å². The average molecular weight is 258 g/mol. The maximum absolute atomic E-state index is 5.96. The zero-order valence-electron chi connectivity index (χ0n) is 11.4. The monoisotopic (exact) mass is 258 g/mol. The molecule has 2 N–H and O–H groups in total. The molecule has 3 nitrogen and oxygen atoms in total. The van der Waals surface area contributed by atoms with E-state index in [1.807, 2.05) is 12.1 Å². The number of likely N-dealkylation sites (tertiary alicyclic amines) is 1. The van der Waals surface area contributed by atoms with Crippen LogP contribution in [-0.4, -0.2) is 18.0 Å². The first-order valence-electron chi connectivity index (χ1n) is 7.29. The highest BCUT2D eigenvalue weighted by Gasteiger charge is 2.13. The highest BCUT2D eigenvalue weighted by molar-refractivity contribution is 5.81. The summed E-state index contributed by atoms with van der Waals surface area (Å²) >= 11 is 0. The van der Waals surface area contributed by atoms with Crippen molar-refractivity contribution in [2.45, 2.75) is 38.8 Å². The summed E-state index contributed by atoms with van der Waals surface area (Å²) in [7, 11) is 0. The van der Waals surface area contributed by atoms with E-state index in [1.165, 1.54) is 49.7 Å². The van der Waals surface area contributed by atoms with Gasteiger partial charge in [-0.2, -0.15) is 0 Å². The average Bonchev–Trinajstić information content (AvgIpc) is 2.66. The standard InChI is InChI=1S/C16H22N2O/c17-11-13-6-5-7-16-15(13)10-14(19-16)12-18-8-3-1-2-4-9-18/h5-7,10H,1-4,8-9,11-12,17H2. The molecule has 3 rings (SSSR count). The molecule has 2 aromatic rings. The van der Waals surface area contributed by atoms with Gasteiger partial charge in [-0.15, -0.1) is 0 Å². The zero-order chi connectivity index (χ0) is 13.1. The van der Waals surface area contributed by atoms with Gasteiger partial charge in [-0.05, 0) is 43.6 Å². The summed E-state index contributed by atoms with van der Waals surface area (Å²) in [5, 5.41) is 1.18. The fourth-order valence-corrected chi connectivity index (χ4v) is 2.94. The maximum Gasteiger partial charge on any atom is 0.134 e. The number of nitrogens with zero attached hydrogens (tertiary/aromatic N) is 1. The second-order valence-corrected chi connectivity index (χ2v) is 5.44. The van der Waals surface area contributed by atoms with Crippen LogP contribution >= 0.6 is 0 Å². The molecule has 19 heavy (non-hydrogen) atoms. The maximum atomic E-state index is 5.96. The van der Waals surface area contributed by atoms with Crippen molar-refractivity contribution in [2.24, 2.45) is 5.73 Å². The minimum atomic E-state index is 0.569. The molecule has 0 radical (unpaired) electrons. The molecule has 102 valence electrons. The second-order valence-electron chi connectivity index (χ2n) is 5.44. The summed E-state index contributed by atoms with van der Waals surface area (Å²) in [6, 6.07) is 8.29. The van der Waals surface area contributed by atoms with Crippen LogP contribution in [0.15, 0.2) is 28.7 Å². The molecule has 0 saturated carbocycles. The van der Waals surface area contributed by atoms with Crippen molar-refractivity contribution in [3.05, 3.63) is 35.6 Å². The lowest BCUT2D eigenvalue weighted by molar-refractivity contribution is 0.256. The van der Waals surface area contributed by atoms with E-state index in [0.717, 1.165) is 17.9 Å². The van der Waals surface area contributed by atoms with Crippen molar-refractivity contribution < 1.29 is 4.42 Å². The van der Waals surface area contributed by atoms with Gasteiger partial charge in [-0.25, -0.2) is 0 Å². The van der Waals surface area contributed by atoms with E-state index in [-0.39, 0.29) is 0 Å². The Morgan fingerprint density at radius 1 is 1.11 bits per heavy atom. The van der Waals surface area contributed by atoms with Crippen molar-refractivity contribution in [2.75, 3.05) is 13.1 Å². The largest absolute Gasteiger partial charge is 0.460 e. The van der Waals surface area contributed by atoms with Gasteiger partial charge in [0.1, 0.15) is 11.3 Å². The lowest BCUT2D eigenvalue weighted by atomic mass is 10.1. The Kier molecular flexibility index (Phi) is 3.85. The van der Waals surface area contributed by atoms with Crippen LogP contribution < -0.4 is 5.73 Å².